The minimum Gasteiger partial charge on any atom is -0.494 e. The number of fused-ring (bicyclic) bond motifs is 2. The minimum absolute atomic E-state index is 0.0305. The molecule has 6 rings (SSSR count). The zero-order valence-electron chi connectivity index (χ0n) is 25.2. The number of nitrogens with zero attached hydrogens (tertiary/aromatic N) is 3. The van der Waals surface area contributed by atoms with E-state index in [-0.39, 0.29) is 39.9 Å². The minimum atomic E-state index is -5.45. The van der Waals surface area contributed by atoms with Crippen LogP contribution in [0.4, 0.5) is 26.3 Å². The van der Waals surface area contributed by atoms with Crippen LogP contribution >= 0.6 is 0 Å². The highest BCUT2D eigenvalue weighted by atomic mass is 19.4. The number of carbonyl (C=O) groups is 2. The summed E-state index contributed by atoms with van der Waals surface area (Å²) in [6.07, 6.45) is -6.88. The number of nitrogens with one attached hydrogen (secondary N) is 1. The molecule has 0 unspecified atom stereocenters. The van der Waals surface area contributed by atoms with Gasteiger partial charge in [-0.2, -0.15) is 18.3 Å². The molecule has 254 valence electrons. The lowest BCUT2D eigenvalue weighted by Crippen LogP contribution is -2.51. The number of pyridine rings is 1. The standard InChI is InChI=1S/C31H27F6N5O6/c1-28(27(38)44)14-47-25-20(28)11-22(40-24(25)15-3-7-19(8-4-15)48-31(35,36)37)29(45,30(32,33)34)13-39-26(43)16-9-17-12-42(18-5-6-18)41-23(17)21(10-16)46-2/h3-4,7-12,18,45H,5-6,13-14H2,1-2H3,(H2,38,44)(H,39,43)/t28-,29-/m0/s1. The third kappa shape index (κ3) is 5.82. The van der Waals surface area contributed by atoms with E-state index >= 15 is 0 Å². The summed E-state index contributed by atoms with van der Waals surface area (Å²) in [7, 11) is 1.35. The molecule has 1 aliphatic heterocycles. The van der Waals surface area contributed by atoms with Gasteiger partial charge in [-0.15, -0.1) is 13.2 Å². The van der Waals surface area contributed by atoms with Crippen LogP contribution in [0.5, 0.6) is 17.2 Å². The van der Waals surface area contributed by atoms with Crippen molar-refractivity contribution in [2.24, 2.45) is 5.73 Å². The van der Waals surface area contributed by atoms with Crippen LogP contribution in [0.15, 0.2) is 48.7 Å². The zero-order chi connectivity index (χ0) is 34.8. The highest BCUT2D eigenvalue weighted by Gasteiger charge is 2.57. The van der Waals surface area contributed by atoms with Gasteiger partial charge in [-0.3, -0.25) is 14.3 Å². The molecule has 2 atom stereocenters. The highest BCUT2D eigenvalue weighted by Crippen LogP contribution is 2.48. The number of primary amides is 1. The second kappa shape index (κ2) is 11.3. The summed E-state index contributed by atoms with van der Waals surface area (Å²) in [6, 6.07) is 7.74. The Balaban J connectivity index is 1.39. The van der Waals surface area contributed by atoms with Gasteiger partial charge in [-0.25, -0.2) is 4.98 Å². The zero-order valence-corrected chi connectivity index (χ0v) is 25.2. The van der Waals surface area contributed by atoms with Crippen LogP contribution < -0.4 is 25.3 Å². The Morgan fingerprint density at radius 3 is 2.40 bits per heavy atom. The molecule has 1 aliphatic carbocycles. The molecule has 3 heterocycles. The first kappa shape index (κ1) is 32.9. The van der Waals surface area contributed by atoms with Crippen LogP contribution in [0.1, 0.15) is 47.4 Å². The van der Waals surface area contributed by atoms with Crippen molar-refractivity contribution in [1.82, 2.24) is 20.1 Å². The van der Waals surface area contributed by atoms with Gasteiger partial charge < -0.3 is 30.4 Å². The maximum Gasteiger partial charge on any atom is 0.573 e. The monoisotopic (exact) mass is 679 g/mol. The average Bonchev–Trinajstić information content (AvgIpc) is 3.69. The summed E-state index contributed by atoms with van der Waals surface area (Å²) < 4.78 is 99.1. The van der Waals surface area contributed by atoms with Gasteiger partial charge in [0.05, 0.1) is 25.4 Å². The number of hydrogen-bond acceptors (Lipinski definition) is 8. The van der Waals surface area contributed by atoms with Crippen molar-refractivity contribution in [1.29, 1.82) is 0 Å². The van der Waals surface area contributed by atoms with E-state index in [9.17, 15) is 41.0 Å². The molecule has 4 N–H and O–H groups in total. The van der Waals surface area contributed by atoms with Gasteiger partial charge in [0.25, 0.3) is 5.91 Å². The number of ether oxygens (including phenoxy) is 3. The Morgan fingerprint density at radius 1 is 1.12 bits per heavy atom. The number of benzene rings is 2. The van der Waals surface area contributed by atoms with Gasteiger partial charge in [-0.05, 0) is 62.2 Å². The van der Waals surface area contributed by atoms with E-state index in [0.717, 1.165) is 43.2 Å². The number of halogens is 6. The molecule has 0 bridgehead atoms. The molecule has 11 nitrogen and oxygen atoms in total. The summed E-state index contributed by atoms with van der Waals surface area (Å²) >= 11 is 0. The maximum atomic E-state index is 14.8. The van der Waals surface area contributed by atoms with Gasteiger partial charge in [-0.1, -0.05) is 0 Å². The topological polar surface area (TPSA) is 151 Å². The van der Waals surface area contributed by atoms with Gasteiger partial charge in [0.1, 0.15) is 40.5 Å². The van der Waals surface area contributed by atoms with Gasteiger partial charge in [0.15, 0.2) is 0 Å². The second-order valence-electron chi connectivity index (χ2n) is 11.8. The van der Waals surface area contributed by atoms with Gasteiger partial charge in [0, 0.05) is 28.3 Å². The number of amides is 2. The van der Waals surface area contributed by atoms with E-state index in [1.54, 1.807) is 10.9 Å². The lowest BCUT2D eigenvalue weighted by atomic mass is 9.81. The molecule has 0 saturated heterocycles. The van der Waals surface area contributed by atoms with Crippen molar-refractivity contribution >= 4 is 22.7 Å². The molecule has 2 amide bonds. The summed E-state index contributed by atoms with van der Waals surface area (Å²) in [4.78, 5) is 29.8. The molecular formula is C31H27F6N5O6. The lowest BCUT2D eigenvalue weighted by Gasteiger charge is -2.31. The van der Waals surface area contributed by atoms with Crippen molar-refractivity contribution in [3.8, 4) is 28.5 Å². The molecule has 0 spiro atoms. The van der Waals surface area contributed by atoms with Crippen LogP contribution in [-0.4, -0.2) is 64.5 Å². The Hall–Kier alpha value is -5.06. The molecule has 2 aliphatic rings. The second-order valence-corrected chi connectivity index (χ2v) is 11.8. The van der Waals surface area contributed by atoms with Gasteiger partial charge in [0.2, 0.25) is 11.5 Å². The number of alkyl halides is 6. The molecule has 0 radical (unpaired) electrons. The molecule has 17 heteroatoms. The SMILES string of the molecule is COc1cc(C(=O)NC[C@](O)(c2cc3c(c(-c4ccc(OC(F)(F)F)cc4)n2)OC[C@]3(C)C(N)=O)C(F)(F)F)cc2cn(C3CC3)nc12. The average molecular weight is 680 g/mol. The molecular weight excluding hydrogens is 652 g/mol. The van der Waals surface area contributed by atoms with Crippen LogP contribution in [0.2, 0.25) is 0 Å². The van der Waals surface area contributed by atoms with Crippen LogP contribution in [0, 0.1) is 0 Å². The third-order valence-corrected chi connectivity index (χ3v) is 8.37. The van der Waals surface area contributed by atoms with Gasteiger partial charge >= 0.3 is 12.5 Å². The van der Waals surface area contributed by atoms with E-state index in [1.165, 1.54) is 26.2 Å². The van der Waals surface area contributed by atoms with Crippen LogP contribution in [0.25, 0.3) is 22.2 Å². The predicted octanol–water partition coefficient (Wildman–Crippen LogP) is 4.66. The first-order valence-electron chi connectivity index (χ1n) is 14.4. The van der Waals surface area contributed by atoms with Crippen molar-refractivity contribution in [2.45, 2.75) is 49.4 Å². The van der Waals surface area contributed by atoms with E-state index in [0.29, 0.717) is 10.9 Å². The number of methoxy groups -OCH3 is 1. The van der Waals surface area contributed by atoms with E-state index < -0.39 is 60.0 Å². The number of aromatic nitrogens is 3. The Labute approximate surface area is 267 Å². The Bertz CT molecular complexity index is 1920. The smallest absolute Gasteiger partial charge is 0.494 e. The lowest BCUT2D eigenvalue weighted by molar-refractivity contribution is -0.274. The summed E-state index contributed by atoms with van der Waals surface area (Å²) in [5.74, 6) is -2.51. The normalized spacial score (nSPS) is 18.9. The molecule has 48 heavy (non-hydrogen) atoms. The van der Waals surface area contributed by atoms with E-state index in [2.05, 4.69) is 20.1 Å². The summed E-state index contributed by atoms with van der Waals surface area (Å²) in [5, 5.41) is 18.4. The van der Waals surface area contributed by atoms with Crippen LogP contribution in [-0.2, 0) is 15.8 Å². The number of carbonyl (C=O) groups excluding carboxylic acids is 2. The first-order chi connectivity index (χ1) is 22.4. The molecule has 2 aromatic carbocycles. The fraction of sp³-hybridized carbons (Fsp3) is 0.355. The first-order valence-corrected chi connectivity index (χ1v) is 14.4. The van der Waals surface area contributed by atoms with E-state index in [1.807, 2.05) is 0 Å². The maximum absolute atomic E-state index is 14.8. The number of hydrogen-bond donors (Lipinski definition) is 3. The van der Waals surface area contributed by atoms with Crippen molar-refractivity contribution < 1.29 is 55.2 Å². The molecule has 1 saturated carbocycles. The predicted molar refractivity (Wildman–Crippen MR) is 155 cm³/mol. The Morgan fingerprint density at radius 2 is 1.81 bits per heavy atom. The third-order valence-electron chi connectivity index (χ3n) is 8.37. The van der Waals surface area contributed by atoms with Crippen LogP contribution in [0.3, 0.4) is 0 Å². The number of aliphatic hydroxyl groups is 1. The van der Waals surface area contributed by atoms with E-state index in [4.69, 9.17) is 15.2 Å². The van der Waals surface area contributed by atoms with Crippen molar-refractivity contribution in [2.75, 3.05) is 20.3 Å². The summed E-state index contributed by atoms with van der Waals surface area (Å²) in [5.41, 5.74) is -1.08. The molecule has 4 aromatic rings. The Kier molecular flexibility index (Phi) is 7.72. The summed E-state index contributed by atoms with van der Waals surface area (Å²) in [6.45, 7) is -0.499. The number of rotatable bonds is 9. The quantitative estimate of drug-likeness (QED) is 0.216. The molecule has 2 aromatic heterocycles. The number of nitrogens with two attached hydrogens (primary N) is 1. The van der Waals surface area contributed by atoms with Crippen molar-refractivity contribution in [3.63, 3.8) is 0 Å². The molecule has 1 fully saturated rings. The largest absolute Gasteiger partial charge is 0.573 e. The van der Waals surface area contributed by atoms with Crippen molar-refractivity contribution in [3.05, 3.63) is 65.5 Å². The fourth-order valence-corrected chi connectivity index (χ4v) is 5.39. The fourth-order valence-electron chi connectivity index (χ4n) is 5.39. The highest BCUT2D eigenvalue weighted by molar-refractivity contribution is 6.00.